The summed E-state index contributed by atoms with van der Waals surface area (Å²) in [5.74, 6) is -4.27. The van der Waals surface area contributed by atoms with E-state index < -0.39 is 29.6 Å². The molecule has 0 aromatic heterocycles. The maximum atomic E-state index is 13.7. The molecule has 0 spiro atoms. The Morgan fingerprint density at radius 3 is 2.58 bits per heavy atom. The van der Waals surface area contributed by atoms with Gasteiger partial charge in [0.2, 0.25) is 11.8 Å². The summed E-state index contributed by atoms with van der Waals surface area (Å²) in [7, 11) is 0. The van der Waals surface area contributed by atoms with Gasteiger partial charge in [0, 0.05) is 45.6 Å². The molecule has 1 heterocycles. The molecule has 5 rings (SSSR count). The van der Waals surface area contributed by atoms with E-state index in [9.17, 15) is 29.1 Å². The van der Waals surface area contributed by atoms with Crippen molar-refractivity contribution in [3.05, 3.63) is 62.7 Å². The number of carboxylic acid groups (broad SMARTS) is 1. The van der Waals surface area contributed by atoms with E-state index in [2.05, 4.69) is 15.9 Å². The number of nitrogens with zero attached hydrogens (tertiary/aromatic N) is 1. The van der Waals surface area contributed by atoms with Crippen LogP contribution in [0, 0.1) is 17.8 Å². The zero-order chi connectivity index (χ0) is 27.3. The third-order valence-corrected chi connectivity index (χ3v) is 8.72. The van der Waals surface area contributed by atoms with Crippen LogP contribution in [0.1, 0.15) is 56.9 Å². The second-order valence-electron chi connectivity index (χ2n) is 10.5. The van der Waals surface area contributed by atoms with Crippen LogP contribution in [0.3, 0.4) is 0 Å². The van der Waals surface area contributed by atoms with Crippen LogP contribution in [0.2, 0.25) is 0 Å². The number of unbranched alkanes of at least 4 members (excludes halogenated alkanes) is 2. The van der Waals surface area contributed by atoms with Crippen LogP contribution in [0.15, 0.2) is 57.1 Å². The quantitative estimate of drug-likeness (QED) is 0.213. The number of carboxylic acids is 1. The highest BCUT2D eigenvalue weighted by Gasteiger charge is 2.56. The lowest BCUT2D eigenvalue weighted by Crippen LogP contribution is -2.39. The van der Waals surface area contributed by atoms with Crippen molar-refractivity contribution in [3.8, 4) is 5.75 Å². The molecule has 4 unspecified atom stereocenters. The van der Waals surface area contributed by atoms with E-state index in [4.69, 9.17) is 5.11 Å². The molecule has 0 saturated carbocycles. The fourth-order valence-corrected chi connectivity index (χ4v) is 6.88. The Hall–Kier alpha value is -3.33. The highest BCUT2D eigenvalue weighted by Crippen LogP contribution is 2.56. The number of phenols is 1. The molecular weight excluding hydrogens is 554 g/mol. The molecule has 9 heteroatoms. The first kappa shape index (κ1) is 26.3. The first-order valence-electron chi connectivity index (χ1n) is 12.9. The van der Waals surface area contributed by atoms with Crippen LogP contribution in [0.5, 0.6) is 5.75 Å². The number of likely N-dealkylation sites (tertiary alicyclic amines) is 1. The number of halogens is 1. The number of allylic oxidation sites excluding steroid dienone is 6. The van der Waals surface area contributed by atoms with Crippen molar-refractivity contribution in [2.75, 3.05) is 6.54 Å². The minimum absolute atomic E-state index is 0.0166. The molecule has 2 N–H and O–H groups in total. The van der Waals surface area contributed by atoms with E-state index in [1.807, 2.05) is 6.08 Å². The Labute approximate surface area is 228 Å². The molecule has 2 amide bonds. The molecule has 1 fully saturated rings. The van der Waals surface area contributed by atoms with Crippen LogP contribution in [0.25, 0.3) is 0 Å². The number of rotatable bonds is 7. The zero-order valence-electron chi connectivity index (χ0n) is 20.9. The van der Waals surface area contributed by atoms with Gasteiger partial charge in [0.25, 0.3) is 0 Å². The number of aromatic hydroxyl groups is 1. The Kier molecular flexibility index (Phi) is 6.98. The highest BCUT2D eigenvalue weighted by molar-refractivity contribution is 9.10. The molecule has 0 bridgehead atoms. The van der Waals surface area contributed by atoms with Crippen LogP contribution in [0.4, 0.5) is 0 Å². The standard InChI is InChI=1S/C29H28BrNO7/c1-14-11-22(33)26-20(27(14)36)13-18-16(24(26)19-12-15(30)6-9-21(19)32)7-8-17-25(18)29(38)31(28(17)37)10-4-2-3-5-23(34)35/h6-7,9,11-12,17-18,24-25,32H,2-5,8,10,13H2,1H3,(H,34,35). The van der Waals surface area contributed by atoms with Gasteiger partial charge in [0.1, 0.15) is 5.75 Å². The summed E-state index contributed by atoms with van der Waals surface area (Å²) in [6.07, 6.45) is 5.42. The Morgan fingerprint density at radius 1 is 1.08 bits per heavy atom. The number of hydrogen-bond acceptors (Lipinski definition) is 6. The summed E-state index contributed by atoms with van der Waals surface area (Å²) in [6, 6.07) is 4.95. The number of ketones is 2. The van der Waals surface area contributed by atoms with Crippen molar-refractivity contribution in [2.45, 2.75) is 51.4 Å². The molecule has 8 nitrogen and oxygen atoms in total. The number of benzene rings is 1. The average molecular weight is 582 g/mol. The van der Waals surface area contributed by atoms with Gasteiger partial charge in [0.05, 0.1) is 11.8 Å². The topological polar surface area (TPSA) is 129 Å². The number of imide groups is 1. The third kappa shape index (κ3) is 4.36. The third-order valence-electron chi connectivity index (χ3n) is 8.23. The minimum atomic E-state index is -0.874. The summed E-state index contributed by atoms with van der Waals surface area (Å²) < 4.78 is 0.700. The summed E-state index contributed by atoms with van der Waals surface area (Å²) in [5, 5.41) is 19.7. The minimum Gasteiger partial charge on any atom is -0.508 e. The predicted octanol–water partition coefficient (Wildman–Crippen LogP) is 4.23. The van der Waals surface area contributed by atoms with Crippen molar-refractivity contribution >= 4 is 45.3 Å². The van der Waals surface area contributed by atoms with Gasteiger partial charge in [-0.3, -0.25) is 28.9 Å². The van der Waals surface area contributed by atoms with Gasteiger partial charge in [-0.25, -0.2) is 0 Å². The van der Waals surface area contributed by atoms with Crippen molar-refractivity contribution in [1.29, 1.82) is 0 Å². The second-order valence-corrected chi connectivity index (χ2v) is 11.4. The largest absolute Gasteiger partial charge is 0.508 e. The van der Waals surface area contributed by atoms with Crippen LogP contribution >= 0.6 is 15.9 Å². The molecule has 198 valence electrons. The van der Waals surface area contributed by atoms with Crippen LogP contribution in [-0.4, -0.2) is 51.0 Å². The van der Waals surface area contributed by atoms with E-state index in [0.717, 1.165) is 5.57 Å². The second kappa shape index (κ2) is 10.1. The Bertz CT molecular complexity index is 1370. The summed E-state index contributed by atoms with van der Waals surface area (Å²) in [5.41, 5.74) is 2.29. The van der Waals surface area contributed by atoms with Crippen molar-refractivity contribution in [2.24, 2.45) is 17.8 Å². The fraction of sp³-hybridized carbons (Fsp3) is 0.414. The number of aliphatic carboxylic acids is 1. The van der Waals surface area contributed by atoms with E-state index in [1.54, 1.807) is 19.1 Å². The predicted molar refractivity (Wildman–Crippen MR) is 140 cm³/mol. The van der Waals surface area contributed by atoms with E-state index >= 15 is 0 Å². The van der Waals surface area contributed by atoms with Gasteiger partial charge < -0.3 is 10.2 Å². The summed E-state index contributed by atoms with van der Waals surface area (Å²) >= 11 is 3.44. The van der Waals surface area contributed by atoms with E-state index in [-0.39, 0.29) is 48.5 Å². The lowest BCUT2D eigenvalue weighted by atomic mass is 9.59. The molecule has 1 aromatic rings. The Balaban J connectivity index is 1.51. The molecular formula is C29H28BrNO7. The van der Waals surface area contributed by atoms with Gasteiger partial charge in [-0.2, -0.15) is 0 Å². The van der Waals surface area contributed by atoms with Crippen molar-refractivity contribution in [1.82, 2.24) is 4.90 Å². The maximum absolute atomic E-state index is 13.7. The number of phenolic OH excluding ortho intramolecular Hbond substituents is 1. The van der Waals surface area contributed by atoms with Gasteiger partial charge in [-0.05, 0) is 62.8 Å². The molecule has 1 aromatic carbocycles. The lowest BCUT2D eigenvalue weighted by molar-refractivity contribution is -0.141. The molecule has 4 atom stereocenters. The summed E-state index contributed by atoms with van der Waals surface area (Å²) in [4.78, 5) is 65.6. The first-order chi connectivity index (χ1) is 18.1. The molecule has 3 aliphatic carbocycles. The van der Waals surface area contributed by atoms with E-state index in [0.29, 0.717) is 52.4 Å². The normalized spacial score (nSPS) is 26.6. The molecule has 4 aliphatic rings. The molecule has 38 heavy (non-hydrogen) atoms. The van der Waals surface area contributed by atoms with Gasteiger partial charge >= 0.3 is 5.97 Å². The number of carbonyl (C=O) groups excluding carboxylic acids is 4. The lowest BCUT2D eigenvalue weighted by Gasteiger charge is -2.42. The van der Waals surface area contributed by atoms with Crippen molar-refractivity contribution < 1.29 is 34.2 Å². The monoisotopic (exact) mass is 581 g/mol. The zero-order valence-corrected chi connectivity index (χ0v) is 22.5. The Morgan fingerprint density at radius 2 is 1.84 bits per heavy atom. The molecule has 1 saturated heterocycles. The van der Waals surface area contributed by atoms with Gasteiger partial charge in [0.15, 0.2) is 11.6 Å². The number of carbonyl (C=O) groups is 5. The smallest absolute Gasteiger partial charge is 0.303 e. The van der Waals surface area contributed by atoms with Crippen LogP contribution in [-0.2, 0) is 24.0 Å². The average Bonchev–Trinajstić information content (AvgIpc) is 3.12. The first-order valence-corrected chi connectivity index (χ1v) is 13.6. The summed E-state index contributed by atoms with van der Waals surface area (Å²) in [6.45, 7) is 1.83. The molecule has 0 radical (unpaired) electrons. The fourth-order valence-electron chi connectivity index (χ4n) is 6.50. The number of Topliss-reactive ketones (excluding diaryl/α,β-unsaturated/α-hetero) is 1. The van der Waals surface area contributed by atoms with E-state index in [1.165, 1.54) is 17.0 Å². The number of amides is 2. The maximum Gasteiger partial charge on any atom is 0.303 e. The molecule has 1 aliphatic heterocycles. The SMILES string of the molecule is CC1=CC(=O)C2=C(CC3C(=CCC4C(=O)N(CCCCCC(=O)O)C(=O)C43)C2c2cc(Br)ccc2O)C1=O. The van der Waals surface area contributed by atoms with Gasteiger partial charge in [-0.1, -0.05) is 34.0 Å². The number of hydrogen-bond donors (Lipinski definition) is 2. The van der Waals surface area contributed by atoms with Crippen LogP contribution < -0.4 is 0 Å². The van der Waals surface area contributed by atoms with Crippen molar-refractivity contribution in [3.63, 3.8) is 0 Å². The highest BCUT2D eigenvalue weighted by atomic mass is 79.9. The van der Waals surface area contributed by atoms with Gasteiger partial charge in [-0.15, -0.1) is 0 Å². The number of fused-ring (bicyclic) bond motifs is 3.